The lowest BCUT2D eigenvalue weighted by molar-refractivity contribution is 0.562. The monoisotopic (exact) mass is 222 g/mol. The molecule has 2 aromatic rings. The molecule has 0 aliphatic heterocycles. The predicted octanol–water partition coefficient (Wildman–Crippen LogP) is 0.803. The topological polar surface area (TPSA) is 55.6 Å². The summed E-state index contributed by atoms with van der Waals surface area (Å²) in [6.07, 6.45) is 7.05. The van der Waals surface area contributed by atoms with Gasteiger partial charge < -0.3 is 9.13 Å². The highest BCUT2D eigenvalue weighted by molar-refractivity contribution is 7.71. The fourth-order valence-electron chi connectivity index (χ4n) is 1.26. The van der Waals surface area contributed by atoms with Crippen molar-refractivity contribution < 1.29 is 0 Å². The summed E-state index contributed by atoms with van der Waals surface area (Å²) in [5.74, 6) is 0. The SMILES string of the molecule is O=c1ccn(CCn2ccnc2)c(=S)[nH]1. The number of hydrogen-bond donors (Lipinski definition) is 1. The third-order valence-electron chi connectivity index (χ3n) is 2.06. The molecule has 0 saturated carbocycles. The lowest BCUT2D eigenvalue weighted by atomic mass is 10.5. The number of nitrogens with zero attached hydrogens (tertiary/aromatic N) is 3. The Labute approximate surface area is 91.0 Å². The normalized spacial score (nSPS) is 10.4. The number of H-pyrrole nitrogens is 1. The van der Waals surface area contributed by atoms with Gasteiger partial charge in [0.2, 0.25) is 0 Å². The summed E-state index contributed by atoms with van der Waals surface area (Å²) in [5.41, 5.74) is -0.168. The number of aryl methyl sites for hydroxylation is 2. The van der Waals surface area contributed by atoms with E-state index < -0.39 is 0 Å². The van der Waals surface area contributed by atoms with Gasteiger partial charge >= 0.3 is 0 Å². The van der Waals surface area contributed by atoms with Crippen molar-refractivity contribution in [3.05, 3.63) is 46.1 Å². The Morgan fingerprint density at radius 1 is 1.40 bits per heavy atom. The van der Waals surface area contributed by atoms with Crippen LogP contribution in [0.25, 0.3) is 0 Å². The van der Waals surface area contributed by atoms with Crippen LogP contribution in [-0.2, 0) is 13.1 Å². The Hall–Kier alpha value is -1.69. The van der Waals surface area contributed by atoms with Gasteiger partial charge in [-0.3, -0.25) is 9.78 Å². The summed E-state index contributed by atoms with van der Waals surface area (Å²) in [6.45, 7) is 1.49. The van der Waals surface area contributed by atoms with Crippen molar-refractivity contribution in [2.75, 3.05) is 0 Å². The van der Waals surface area contributed by atoms with E-state index in [1.807, 2.05) is 15.3 Å². The Morgan fingerprint density at radius 2 is 2.27 bits per heavy atom. The van der Waals surface area contributed by atoms with Crippen LogP contribution in [0.5, 0.6) is 0 Å². The van der Waals surface area contributed by atoms with Crippen molar-refractivity contribution in [1.82, 2.24) is 19.1 Å². The van der Waals surface area contributed by atoms with Gasteiger partial charge in [-0.05, 0) is 12.2 Å². The first-order chi connectivity index (χ1) is 7.25. The minimum absolute atomic E-state index is 0.168. The van der Waals surface area contributed by atoms with Crippen LogP contribution in [0.3, 0.4) is 0 Å². The summed E-state index contributed by atoms with van der Waals surface area (Å²) in [5, 5.41) is 0. The molecule has 1 N–H and O–H groups in total. The minimum Gasteiger partial charge on any atom is -0.336 e. The maximum absolute atomic E-state index is 10.9. The lowest BCUT2D eigenvalue weighted by Crippen LogP contribution is -2.13. The quantitative estimate of drug-likeness (QED) is 0.782. The summed E-state index contributed by atoms with van der Waals surface area (Å²) in [7, 11) is 0. The first-order valence-electron chi connectivity index (χ1n) is 4.51. The zero-order valence-electron chi connectivity index (χ0n) is 7.96. The van der Waals surface area contributed by atoms with Gasteiger partial charge in [0.05, 0.1) is 6.33 Å². The Balaban J connectivity index is 2.12. The molecule has 0 fully saturated rings. The number of aromatic amines is 1. The van der Waals surface area contributed by atoms with Crippen LogP contribution in [0.2, 0.25) is 0 Å². The van der Waals surface area contributed by atoms with Crippen LogP contribution >= 0.6 is 12.2 Å². The second kappa shape index (κ2) is 4.22. The van der Waals surface area contributed by atoms with E-state index in [1.165, 1.54) is 6.07 Å². The second-order valence-corrected chi connectivity index (χ2v) is 3.49. The largest absolute Gasteiger partial charge is 0.336 e. The number of rotatable bonds is 3. The maximum atomic E-state index is 10.9. The fourth-order valence-corrected chi connectivity index (χ4v) is 1.52. The van der Waals surface area contributed by atoms with Gasteiger partial charge in [0.25, 0.3) is 5.56 Å². The van der Waals surface area contributed by atoms with Crippen LogP contribution in [0.15, 0.2) is 35.8 Å². The van der Waals surface area contributed by atoms with E-state index in [4.69, 9.17) is 12.2 Å². The Bertz CT molecular complexity index is 540. The van der Waals surface area contributed by atoms with Crippen molar-refractivity contribution in [3.8, 4) is 0 Å². The molecule has 0 atom stereocenters. The average Bonchev–Trinajstić information content (AvgIpc) is 2.69. The molecule has 0 saturated heterocycles. The van der Waals surface area contributed by atoms with E-state index in [1.54, 1.807) is 18.7 Å². The number of hydrogen-bond acceptors (Lipinski definition) is 3. The summed E-state index contributed by atoms with van der Waals surface area (Å²) >= 11 is 5.02. The van der Waals surface area contributed by atoms with Crippen molar-refractivity contribution in [3.63, 3.8) is 0 Å². The highest BCUT2D eigenvalue weighted by Gasteiger charge is 1.94. The van der Waals surface area contributed by atoms with Crippen LogP contribution in [-0.4, -0.2) is 19.1 Å². The van der Waals surface area contributed by atoms with E-state index in [2.05, 4.69) is 9.97 Å². The van der Waals surface area contributed by atoms with Crippen molar-refractivity contribution >= 4 is 12.2 Å². The molecule has 2 aromatic heterocycles. The first-order valence-corrected chi connectivity index (χ1v) is 4.92. The van der Waals surface area contributed by atoms with Gasteiger partial charge in [-0.15, -0.1) is 0 Å². The van der Waals surface area contributed by atoms with E-state index in [9.17, 15) is 4.79 Å². The molecule has 0 aromatic carbocycles. The zero-order chi connectivity index (χ0) is 10.7. The fraction of sp³-hybridized carbons (Fsp3) is 0.222. The van der Waals surface area contributed by atoms with Crippen molar-refractivity contribution in [2.45, 2.75) is 13.1 Å². The molecule has 0 spiro atoms. The van der Waals surface area contributed by atoms with Gasteiger partial charge in [0, 0.05) is 37.7 Å². The van der Waals surface area contributed by atoms with E-state index in [-0.39, 0.29) is 5.56 Å². The Morgan fingerprint density at radius 3 is 2.93 bits per heavy atom. The third kappa shape index (κ3) is 2.41. The highest BCUT2D eigenvalue weighted by Crippen LogP contribution is 1.91. The molecule has 0 aliphatic rings. The van der Waals surface area contributed by atoms with Crippen LogP contribution in [0.1, 0.15) is 0 Å². The molecule has 0 bridgehead atoms. The molecule has 2 rings (SSSR count). The number of aromatic nitrogens is 4. The minimum atomic E-state index is -0.168. The molecule has 78 valence electrons. The summed E-state index contributed by atoms with van der Waals surface area (Å²) in [4.78, 5) is 17.4. The number of imidazole rings is 1. The predicted molar refractivity (Wildman–Crippen MR) is 58.1 cm³/mol. The van der Waals surface area contributed by atoms with Gasteiger partial charge in [-0.1, -0.05) is 0 Å². The molecule has 0 aliphatic carbocycles. The molecule has 15 heavy (non-hydrogen) atoms. The molecule has 0 amide bonds. The first kappa shape index (κ1) is 9.85. The molecule has 6 heteroatoms. The molecular weight excluding hydrogens is 212 g/mol. The maximum Gasteiger partial charge on any atom is 0.251 e. The second-order valence-electron chi connectivity index (χ2n) is 3.10. The summed E-state index contributed by atoms with van der Waals surface area (Å²) < 4.78 is 4.21. The van der Waals surface area contributed by atoms with Gasteiger partial charge in [-0.2, -0.15) is 0 Å². The van der Waals surface area contributed by atoms with Crippen molar-refractivity contribution in [1.29, 1.82) is 0 Å². The Kier molecular flexibility index (Phi) is 2.77. The van der Waals surface area contributed by atoms with Gasteiger partial charge in [0.1, 0.15) is 0 Å². The smallest absolute Gasteiger partial charge is 0.251 e. The average molecular weight is 222 g/mol. The highest BCUT2D eigenvalue weighted by atomic mass is 32.1. The standard InChI is InChI=1S/C9H10N4OS/c14-8-1-3-13(9(15)11-8)6-5-12-4-2-10-7-12/h1-4,7H,5-6H2,(H,11,14,15). The van der Waals surface area contributed by atoms with Crippen LogP contribution < -0.4 is 5.56 Å². The number of nitrogens with one attached hydrogen (secondary N) is 1. The molecule has 0 unspecified atom stereocenters. The zero-order valence-corrected chi connectivity index (χ0v) is 8.78. The van der Waals surface area contributed by atoms with Gasteiger partial charge in [0.15, 0.2) is 4.77 Å². The van der Waals surface area contributed by atoms with Gasteiger partial charge in [-0.25, -0.2) is 4.98 Å². The molecule has 2 heterocycles. The van der Waals surface area contributed by atoms with Crippen molar-refractivity contribution in [2.24, 2.45) is 0 Å². The van der Waals surface area contributed by atoms with E-state index in [0.29, 0.717) is 11.3 Å². The summed E-state index contributed by atoms with van der Waals surface area (Å²) in [6, 6.07) is 1.46. The third-order valence-corrected chi connectivity index (χ3v) is 2.39. The van der Waals surface area contributed by atoms with E-state index in [0.717, 1.165) is 6.54 Å². The van der Waals surface area contributed by atoms with Crippen LogP contribution in [0.4, 0.5) is 0 Å². The van der Waals surface area contributed by atoms with E-state index >= 15 is 0 Å². The molecule has 5 nitrogen and oxygen atoms in total. The lowest BCUT2D eigenvalue weighted by Gasteiger charge is -2.05. The molecule has 0 radical (unpaired) electrons. The van der Waals surface area contributed by atoms with Crippen LogP contribution in [0, 0.1) is 4.77 Å². The molecular formula is C9H10N4OS.